The Labute approximate surface area is 147 Å². The van der Waals surface area contributed by atoms with Crippen LogP contribution in [0.4, 0.5) is 4.79 Å². The Balaban J connectivity index is 1.91. The molecule has 0 aromatic rings. The number of carbonyl (C=O) groups is 4. The van der Waals surface area contributed by atoms with Gasteiger partial charge in [0.1, 0.15) is 17.4 Å². The molecule has 10 nitrogen and oxygen atoms in total. The summed E-state index contributed by atoms with van der Waals surface area (Å²) < 4.78 is 5.08. The fourth-order valence-corrected chi connectivity index (χ4v) is 2.82. The van der Waals surface area contributed by atoms with Crippen LogP contribution in [-0.4, -0.2) is 57.2 Å². The number of amidine groups is 1. The first-order valence-corrected chi connectivity index (χ1v) is 8.42. The number of hydroxylamine groups is 2. The maximum absolute atomic E-state index is 11.9. The van der Waals surface area contributed by atoms with Gasteiger partial charge in [0.25, 0.3) is 11.8 Å². The number of hydrogen-bond acceptors (Lipinski definition) is 9. The van der Waals surface area contributed by atoms with Crippen LogP contribution in [0, 0.1) is 5.41 Å². The quantitative estimate of drug-likeness (QED) is 0.548. The molecule has 0 radical (unpaired) electrons. The van der Waals surface area contributed by atoms with Crippen molar-refractivity contribution < 1.29 is 28.8 Å². The van der Waals surface area contributed by atoms with E-state index in [9.17, 15) is 19.2 Å². The number of carbonyl (C=O) groups excluding carboxylic acids is 4. The summed E-state index contributed by atoms with van der Waals surface area (Å²) in [5.74, 6) is -2.14. The lowest BCUT2D eigenvalue weighted by Crippen LogP contribution is -2.38. The van der Waals surface area contributed by atoms with Crippen molar-refractivity contribution in [3.05, 3.63) is 0 Å². The van der Waals surface area contributed by atoms with Crippen molar-refractivity contribution >= 4 is 46.5 Å². The number of hydrogen-bond donors (Lipinski definition) is 2. The Morgan fingerprint density at radius 2 is 1.88 bits per heavy atom. The van der Waals surface area contributed by atoms with Crippen LogP contribution in [0.5, 0.6) is 0 Å². The molecule has 0 spiro atoms. The highest BCUT2D eigenvalue weighted by atomic mass is 32.2. The molecule has 2 aliphatic heterocycles. The Kier molecular flexibility index (Phi) is 5.45. The van der Waals surface area contributed by atoms with E-state index in [0.29, 0.717) is 5.06 Å². The summed E-state index contributed by atoms with van der Waals surface area (Å²) in [6.45, 7) is 5.14. The molecule has 2 aliphatic rings. The molecule has 1 atom stereocenters. The normalized spacial score (nSPS) is 20.4. The van der Waals surface area contributed by atoms with Crippen molar-refractivity contribution in [2.45, 2.75) is 45.3 Å². The van der Waals surface area contributed by atoms with Crippen LogP contribution in [0.15, 0.2) is 4.99 Å². The molecule has 0 aliphatic carbocycles. The highest BCUT2D eigenvalue weighted by Gasteiger charge is 2.36. The van der Waals surface area contributed by atoms with Crippen LogP contribution in [-0.2, 0) is 24.0 Å². The molecule has 2 heterocycles. The third-order valence-electron chi connectivity index (χ3n) is 2.99. The van der Waals surface area contributed by atoms with Gasteiger partial charge < -0.3 is 9.57 Å². The summed E-state index contributed by atoms with van der Waals surface area (Å²) in [6, 6.07) is -0.852. The Hall–Kier alpha value is -2.43. The maximum atomic E-state index is 11.9. The predicted octanol–water partition coefficient (Wildman–Crippen LogP) is 0.609. The molecular weight excluding hydrogens is 352 g/mol. The van der Waals surface area contributed by atoms with E-state index in [2.05, 4.69) is 15.1 Å². The van der Waals surface area contributed by atoms with E-state index in [-0.39, 0.29) is 23.8 Å². The Morgan fingerprint density at radius 3 is 2.44 bits per heavy atom. The number of ether oxygens (including phenoxy) is 1. The smallest absolute Gasteiger partial charge is 0.413 e. The van der Waals surface area contributed by atoms with Crippen molar-refractivity contribution in [2.75, 3.05) is 5.75 Å². The summed E-state index contributed by atoms with van der Waals surface area (Å²) in [6.07, 6.45) is -0.747. The first-order valence-electron chi connectivity index (χ1n) is 7.44. The number of imide groups is 1. The lowest BCUT2D eigenvalue weighted by Gasteiger charge is -2.19. The molecule has 1 unspecified atom stereocenters. The number of aliphatic imine (C=N–C) groups is 1. The van der Waals surface area contributed by atoms with Crippen molar-refractivity contribution in [3.8, 4) is 0 Å². The van der Waals surface area contributed by atoms with Crippen molar-refractivity contribution in [2.24, 2.45) is 4.99 Å². The molecule has 1 fully saturated rings. The minimum Gasteiger partial charge on any atom is -0.444 e. The minimum atomic E-state index is -1.13. The molecule has 0 aromatic carbocycles. The van der Waals surface area contributed by atoms with Crippen molar-refractivity contribution in [1.29, 1.82) is 5.41 Å². The fourth-order valence-electron chi connectivity index (χ4n) is 1.91. The summed E-state index contributed by atoms with van der Waals surface area (Å²) >= 11 is 1.14. The Morgan fingerprint density at radius 1 is 1.28 bits per heavy atom. The molecule has 2 rings (SSSR count). The number of amides is 3. The van der Waals surface area contributed by atoms with Crippen LogP contribution >= 0.6 is 11.8 Å². The average molecular weight is 370 g/mol. The largest absolute Gasteiger partial charge is 0.444 e. The monoisotopic (exact) mass is 370 g/mol. The molecule has 0 aromatic heterocycles. The maximum Gasteiger partial charge on any atom is 0.413 e. The second-order valence-corrected chi connectivity index (χ2v) is 7.27. The van der Waals surface area contributed by atoms with Gasteiger partial charge in [-0.25, -0.2) is 9.59 Å². The topological polar surface area (TPSA) is 138 Å². The van der Waals surface area contributed by atoms with Gasteiger partial charge in [0.2, 0.25) is 0 Å². The van der Waals surface area contributed by atoms with E-state index in [4.69, 9.17) is 10.1 Å². The first kappa shape index (κ1) is 18.9. The van der Waals surface area contributed by atoms with Gasteiger partial charge in [-0.1, -0.05) is 11.8 Å². The summed E-state index contributed by atoms with van der Waals surface area (Å²) in [5, 5.41) is 10.8. The fraction of sp³-hybridized carbons (Fsp3) is 0.571. The molecule has 2 N–H and O–H groups in total. The third kappa shape index (κ3) is 5.02. The van der Waals surface area contributed by atoms with E-state index in [0.717, 1.165) is 11.8 Å². The lowest BCUT2D eigenvalue weighted by atomic mass is 10.2. The van der Waals surface area contributed by atoms with Gasteiger partial charge in [-0.3, -0.25) is 25.3 Å². The van der Waals surface area contributed by atoms with Crippen LogP contribution < -0.4 is 5.32 Å². The highest BCUT2D eigenvalue weighted by molar-refractivity contribution is 8.14. The summed E-state index contributed by atoms with van der Waals surface area (Å²) in [4.78, 5) is 55.1. The second kappa shape index (κ2) is 7.21. The zero-order valence-corrected chi connectivity index (χ0v) is 14.8. The van der Waals surface area contributed by atoms with Crippen LogP contribution in [0.25, 0.3) is 0 Å². The molecule has 136 valence electrons. The zero-order chi connectivity index (χ0) is 18.8. The van der Waals surface area contributed by atoms with Gasteiger partial charge in [0.05, 0.1) is 0 Å². The lowest BCUT2D eigenvalue weighted by molar-refractivity contribution is -0.192. The van der Waals surface area contributed by atoms with E-state index >= 15 is 0 Å². The van der Waals surface area contributed by atoms with Crippen LogP contribution in [0.1, 0.15) is 33.6 Å². The summed E-state index contributed by atoms with van der Waals surface area (Å²) in [7, 11) is 0. The molecule has 25 heavy (non-hydrogen) atoms. The molecular formula is C14H18N4O6S. The van der Waals surface area contributed by atoms with Gasteiger partial charge in [-0.2, -0.15) is 0 Å². The molecule has 0 saturated carbocycles. The predicted molar refractivity (Wildman–Crippen MR) is 88.0 cm³/mol. The molecule has 0 bridgehead atoms. The average Bonchev–Trinajstić information content (AvgIpc) is 3.06. The number of thioether (sulfide) groups is 1. The van der Waals surface area contributed by atoms with Crippen molar-refractivity contribution in [3.63, 3.8) is 0 Å². The van der Waals surface area contributed by atoms with Crippen LogP contribution in [0.2, 0.25) is 0 Å². The van der Waals surface area contributed by atoms with Gasteiger partial charge in [-0.05, 0) is 20.8 Å². The van der Waals surface area contributed by atoms with E-state index < -0.39 is 41.2 Å². The van der Waals surface area contributed by atoms with Crippen LogP contribution in [0.3, 0.4) is 0 Å². The summed E-state index contributed by atoms with van der Waals surface area (Å²) in [5.41, 5.74) is -1.18. The van der Waals surface area contributed by atoms with Gasteiger partial charge in [0.15, 0.2) is 5.17 Å². The van der Waals surface area contributed by atoms with E-state index in [1.807, 2.05) is 0 Å². The van der Waals surface area contributed by atoms with Crippen molar-refractivity contribution in [1.82, 2.24) is 10.4 Å². The highest BCUT2D eigenvalue weighted by Crippen LogP contribution is 2.19. The standard InChI is InChI=1S/C14H18N4O6S/c1-14(2,3)23-13(22)17-12-16-7(6-25-12)10(15)11(21)24-18-8(19)4-5-9(18)20/h7,15H,4-6H2,1-3H3,(H,16,17,22). The minimum absolute atomic E-state index is 0.0269. The van der Waals surface area contributed by atoms with Gasteiger partial charge >= 0.3 is 12.1 Å². The molecule has 11 heteroatoms. The van der Waals surface area contributed by atoms with Gasteiger partial charge in [-0.15, -0.1) is 5.06 Å². The first-order chi connectivity index (χ1) is 11.6. The Bertz CT molecular complexity index is 653. The van der Waals surface area contributed by atoms with E-state index in [1.54, 1.807) is 20.8 Å². The molecule has 3 amide bonds. The number of rotatable bonds is 3. The number of nitrogens with one attached hydrogen (secondary N) is 2. The van der Waals surface area contributed by atoms with Gasteiger partial charge in [0, 0.05) is 18.6 Å². The second-order valence-electron chi connectivity index (χ2n) is 6.26. The SMILES string of the molecule is CC(C)(C)OC(=O)NC1=NC(C(=N)C(=O)ON2C(=O)CCC2=O)CS1. The third-order valence-corrected chi connectivity index (χ3v) is 3.96. The zero-order valence-electron chi connectivity index (χ0n) is 14.0. The van der Waals surface area contributed by atoms with E-state index in [1.165, 1.54) is 0 Å². The molecule has 1 saturated heterocycles. The number of alkyl carbamates (subject to hydrolysis) is 1. The number of nitrogens with zero attached hydrogens (tertiary/aromatic N) is 2.